The molecule has 0 unspecified atom stereocenters. The highest BCUT2D eigenvalue weighted by atomic mass is 19.1. The van der Waals surface area contributed by atoms with Crippen LogP contribution in [0.5, 0.6) is 0 Å². The van der Waals surface area contributed by atoms with E-state index >= 15 is 0 Å². The van der Waals surface area contributed by atoms with Gasteiger partial charge in [-0.05, 0) is 37.9 Å². The molecular formula is C16H22FN3O2. The highest BCUT2D eigenvalue weighted by Gasteiger charge is 2.30. The fourth-order valence-electron chi connectivity index (χ4n) is 2.74. The standard InChI is InChI=1S/C16H22FN3O2/c1-19-6-7-22-14(10-19)11-20(9-12-2-3-12)16(21)15-5-4-13(17)8-18-15/h4-5,8,12,14H,2-3,6-7,9-11H2,1H3/t14-/m1/s1. The molecule has 0 N–H and O–H groups in total. The van der Waals surface area contributed by atoms with Crippen molar-refractivity contribution in [2.24, 2.45) is 5.92 Å². The van der Waals surface area contributed by atoms with Crippen LogP contribution >= 0.6 is 0 Å². The van der Waals surface area contributed by atoms with Crippen LogP contribution in [0, 0.1) is 11.7 Å². The molecular weight excluding hydrogens is 285 g/mol. The largest absolute Gasteiger partial charge is 0.374 e. The fourth-order valence-corrected chi connectivity index (χ4v) is 2.74. The van der Waals surface area contributed by atoms with Crippen LogP contribution in [0.25, 0.3) is 0 Å². The van der Waals surface area contributed by atoms with Crippen molar-refractivity contribution in [1.82, 2.24) is 14.8 Å². The Kier molecular flexibility index (Phi) is 4.69. The van der Waals surface area contributed by atoms with Crippen molar-refractivity contribution < 1.29 is 13.9 Å². The van der Waals surface area contributed by atoms with E-state index in [0.29, 0.717) is 24.8 Å². The molecule has 0 aromatic carbocycles. The third-order valence-electron chi connectivity index (χ3n) is 4.18. The number of likely N-dealkylation sites (N-methyl/N-ethyl adjacent to an activating group) is 1. The molecule has 1 aliphatic heterocycles. The molecule has 1 aliphatic carbocycles. The molecule has 1 atom stereocenters. The first-order valence-electron chi connectivity index (χ1n) is 7.83. The summed E-state index contributed by atoms with van der Waals surface area (Å²) in [7, 11) is 2.06. The van der Waals surface area contributed by atoms with Crippen molar-refractivity contribution >= 4 is 5.91 Å². The van der Waals surface area contributed by atoms with E-state index in [0.717, 1.165) is 25.8 Å². The minimum atomic E-state index is -0.428. The average Bonchev–Trinajstić information content (AvgIpc) is 3.31. The van der Waals surface area contributed by atoms with E-state index in [1.54, 1.807) is 0 Å². The number of hydrogen-bond donors (Lipinski definition) is 0. The Bertz CT molecular complexity index is 519. The van der Waals surface area contributed by atoms with Gasteiger partial charge in [-0.25, -0.2) is 9.37 Å². The molecule has 2 heterocycles. The molecule has 22 heavy (non-hydrogen) atoms. The number of aromatic nitrogens is 1. The Morgan fingerprint density at radius 3 is 2.91 bits per heavy atom. The van der Waals surface area contributed by atoms with Gasteiger partial charge in [-0.15, -0.1) is 0 Å². The second-order valence-corrected chi connectivity index (χ2v) is 6.27. The maximum absolute atomic E-state index is 13.0. The number of ether oxygens (including phenoxy) is 1. The number of rotatable bonds is 5. The summed E-state index contributed by atoms with van der Waals surface area (Å²) in [5, 5.41) is 0. The monoisotopic (exact) mass is 307 g/mol. The summed E-state index contributed by atoms with van der Waals surface area (Å²) in [4.78, 5) is 20.6. The first-order chi connectivity index (χ1) is 10.6. The molecule has 1 amide bonds. The number of amides is 1. The Labute approximate surface area is 130 Å². The molecule has 120 valence electrons. The fraction of sp³-hybridized carbons (Fsp3) is 0.625. The van der Waals surface area contributed by atoms with Crippen LogP contribution in [0.2, 0.25) is 0 Å². The molecule has 2 fully saturated rings. The van der Waals surface area contributed by atoms with Gasteiger partial charge in [0, 0.05) is 26.2 Å². The molecule has 1 saturated heterocycles. The van der Waals surface area contributed by atoms with E-state index in [1.807, 2.05) is 4.90 Å². The van der Waals surface area contributed by atoms with Gasteiger partial charge in [0.1, 0.15) is 11.5 Å². The first kappa shape index (κ1) is 15.4. The van der Waals surface area contributed by atoms with Crippen LogP contribution < -0.4 is 0 Å². The zero-order chi connectivity index (χ0) is 15.5. The van der Waals surface area contributed by atoms with Gasteiger partial charge in [0.05, 0.1) is 18.9 Å². The van der Waals surface area contributed by atoms with Gasteiger partial charge in [0.15, 0.2) is 0 Å². The number of halogens is 1. The molecule has 1 aromatic heterocycles. The molecule has 2 aliphatic rings. The van der Waals surface area contributed by atoms with Crippen molar-refractivity contribution in [3.63, 3.8) is 0 Å². The lowest BCUT2D eigenvalue weighted by Gasteiger charge is -2.34. The lowest BCUT2D eigenvalue weighted by Crippen LogP contribution is -2.48. The number of carbonyl (C=O) groups excluding carboxylic acids is 1. The van der Waals surface area contributed by atoms with Crippen molar-refractivity contribution in [2.45, 2.75) is 18.9 Å². The molecule has 1 aromatic rings. The molecule has 0 spiro atoms. The molecule has 0 bridgehead atoms. The predicted octanol–water partition coefficient (Wildman–Crippen LogP) is 1.40. The zero-order valence-electron chi connectivity index (χ0n) is 12.9. The normalized spacial score (nSPS) is 22.5. The van der Waals surface area contributed by atoms with Gasteiger partial charge < -0.3 is 14.5 Å². The maximum atomic E-state index is 13.0. The molecule has 5 nitrogen and oxygen atoms in total. The summed E-state index contributed by atoms with van der Waals surface area (Å²) >= 11 is 0. The number of pyridine rings is 1. The highest BCUT2D eigenvalue weighted by Crippen LogP contribution is 2.30. The van der Waals surface area contributed by atoms with Crippen molar-refractivity contribution in [3.8, 4) is 0 Å². The quantitative estimate of drug-likeness (QED) is 0.825. The zero-order valence-corrected chi connectivity index (χ0v) is 12.9. The van der Waals surface area contributed by atoms with Gasteiger partial charge in [-0.1, -0.05) is 0 Å². The summed E-state index contributed by atoms with van der Waals surface area (Å²) in [5.41, 5.74) is 0.297. The van der Waals surface area contributed by atoms with E-state index < -0.39 is 5.82 Å². The van der Waals surface area contributed by atoms with Crippen molar-refractivity contribution in [2.75, 3.05) is 39.8 Å². The topological polar surface area (TPSA) is 45.7 Å². The minimum absolute atomic E-state index is 0.0295. The molecule has 0 radical (unpaired) electrons. The smallest absolute Gasteiger partial charge is 0.272 e. The van der Waals surface area contributed by atoms with Crippen LogP contribution in [-0.2, 0) is 4.74 Å². The maximum Gasteiger partial charge on any atom is 0.272 e. The predicted molar refractivity (Wildman–Crippen MR) is 80.1 cm³/mol. The number of carbonyl (C=O) groups is 1. The molecule has 3 rings (SSSR count). The van der Waals surface area contributed by atoms with Crippen LogP contribution in [0.15, 0.2) is 18.3 Å². The van der Waals surface area contributed by atoms with E-state index in [9.17, 15) is 9.18 Å². The second-order valence-electron chi connectivity index (χ2n) is 6.27. The number of hydrogen-bond acceptors (Lipinski definition) is 4. The Morgan fingerprint density at radius 1 is 1.45 bits per heavy atom. The van der Waals surface area contributed by atoms with E-state index in [1.165, 1.54) is 25.0 Å². The summed E-state index contributed by atoms with van der Waals surface area (Å²) in [5.74, 6) is 0.0250. The lowest BCUT2D eigenvalue weighted by molar-refractivity contribution is -0.0332. The lowest BCUT2D eigenvalue weighted by atomic mass is 10.2. The highest BCUT2D eigenvalue weighted by molar-refractivity contribution is 5.92. The minimum Gasteiger partial charge on any atom is -0.374 e. The Hall–Kier alpha value is -1.53. The van der Waals surface area contributed by atoms with Gasteiger partial charge in [-0.3, -0.25) is 4.79 Å². The number of nitrogens with zero attached hydrogens (tertiary/aromatic N) is 3. The Balaban J connectivity index is 1.68. The van der Waals surface area contributed by atoms with Gasteiger partial charge in [0.2, 0.25) is 0 Å². The van der Waals surface area contributed by atoms with Crippen molar-refractivity contribution in [1.29, 1.82) is 0 Å². The summed E-state index contributed by atoms with van der Waals surface area (Å²) < 4.78 is 18.7. The molecule has 1 saturated carbocycles. The second kappa shape index (κ2) is 6.71. The van der Waals surface area contributed by atoms with E-state index in [2.05, 4.69) is 16.9 Å². The van der Waals surface area contributed by atoms with Gasteiger partial charge in [0.25, 0.3) is 5.91 Å². The number of morpholine rings is 1. The van der Waals surface area contributed by atoms with Crippen LogP contribution in [-0.4, -0.2) is 66.6 Å². The van der Waals surface area contributed by atoms with Gasteiger partial charge >= 0.3 is 0 Å². The van der Waals surface area contributed by atoms with Crippen LogP contribution in [0.1, 0.15) is 23.3 Å². The summed E-state index contributed by atoms with van der Waals surface area (Å²) in [6, 6.07) is 2.73. The third-order valence-corrected chi connectivity index (χ3v) is 4.18. The Morgan fingerprint density at radius 2 is 2.27 bits per heavy atom. The molecule has 6 heteroatoms. The first-order valence-corrected chi connectivity index (χ1v) is 7.83. The van der Waals surface area contributed by atoms with Crippen molar-refractivity contribution in [3.05, 3.63) is 29.8 Å². The average molecular weight is 307 g/mol. The van der Waals surface area contributed by atoms with E-state index in [-0.39, 0.29) is 12.0 Å². The van der Waals surface area contributed by atoms with Crippen LogP contribution in [0.3, 0.4) is 0 Å². The van der Waals surface area contributed by atoms with Crippen LogP contribution in [0.4, 0.5) is 4.39 Å². The summed E-state index contributed by atoms with van der Waals surface area (Å²) in [6.45, 7) is 3.75. The van der Waals surface area contributed by atoms with E-state index in [4.69, 9.17) is 4.74 Å². The third kappa shape index (κ3) is 4.01. The van der Waals surface area contributed by atoms with Gasteiger partial charge in [-0.2, -0.15) is 0 Å². The summed E-state index contributed by atoms with van der Waals surface area (Å²) in [6.07, 6.45) is 3.47. The SMILES string of the molecule is CN1CCO[C@@H](CN(CC2CC2)C(=O)c2ccc(F)cn2)C1.